The zero-order valence-corrected chi connectivity index (χ0v) is 31.0. The van der Waals surface area contributed by atoms with Crippen LogP contribution in [0.5, 0.6) is 0 Å². The molecule has 0 unspecified atom stereocenters. The molecule has 1 amide bonds. The second-order valence-corrected chi connectivity index (χ2v) is 17.1. The fourth-order valence-corrected chi connectivity index (χ4v) is 10.6. The molecule has 51 heavy (non-hydrogen) atoms. The van der Waals surface area contributed by atoms with Crippen molar-refractivity contribution in [2.45, 2.75) is 37.8 Å². The number of nitrogens with zero attached hydrogens (tertiary/aromatic N) is 4. The number of thiazole rings is 2. The highest BCUT2D eigenvalue weighted by Crippen LogP contribution is 2.46. The lowest BCUT2D eigenvalue weighted by atomic mass is 10.2. The van der Waals surface area contributed by atoms with E-state index in [4.69, 9.17) is 12.2 Å². The minimum absolute atomic E-state index is 0.0165. The number of benzene rings is 1. The predicted molar refractivity (Wildman–Crippen MR) is 195 cm³/mol. The van der Waals surface area contributed by atoms with Gasteiger partial charge in [0.15, 0.2) is 0 Å². The summed E-state index contributed by atoms with van der Waals surface area (Å²) in [5, 5.41) is 28.9. The highest BCUT2D eigenvalue weighted by Gasteiger charge is 2.35. The Hall–Kier alpha value is -4.06. The van der Waals surface area contributed by atoms with Crippen LogP contribution in [0.2, 0.25) is 0 Å². The highest BCUT2D eigenvalue weighted by atomic mass is 32.2. The lowest BCUT2D eigenvalue weighted by Gasteiger charge is -2.20. The van der Waals surface area contributed by atoms with Crippen LogP contribution in [0.15, 0.2) is 49.9 Å². The molecule has 4 N–H and O–H groups in total. The molecule has 22 heteroatoms. The van der Waals surface area contributed by atoms with Gasteiger partial charge in [-0.3, -0.25) is 47.4 Å². The number of fused-ring (bicyclic) bond motifs is 1. The Kier molecular flexibility index (Phi) is 11.4. The minimum Gasteiger partial charge on any atom is -0.481 e. The van der Waals surface area contributed by atoms with Gasteiger partial charge in [-0.05, 0) is 37.1 Å². The molecule has 0 radical (unpaired) electrons. The quantitative estimate of drug-likeness (QED) is 0.147. The van der Waals surface area contributed by atoms with Crippen molar-refractivity contribution >= 4 is 113 Å². The summed E-state index contributed by atoms with van der Waals surface area (Å²) < 4.78 is 33.7. The van der Waals surface area contributed by atoms with Gasteiger partial charge in [0.05, 0.1) is 27.4 Å². The summed E-state index contributed by atoms with van der Waals surface area (Å²) in [4.78, 5) is 79.0. The van der Waals surface area contributed by atoms with Crippen LogP contribution in [0.25, 0.3) is 10.5 Å². The monoisotopic (exact) mass is 814 g/mol. The Labute approximate surface area is 308 Å². The summed E-state index contributed by atoms with van der Waals surface area (Å²) in [6, 6.07) is 7.34. The van der Waals surface area contributed by atoms with Gasteiger partial charge in [-0.15, -0.1) is 22.7 Å². The van der Waals surface area contributed by atoms with Gasteiger partial charge in [0.2, 0.25) is 0 Å². The fraction of sp³-hybridized carbons (Fsp3) is 0.276. The van der Waals surface area contributed by atoms with Crippen molar-refractivity contribution in [2.75, 3.05) is 23.7 Å². The smallest absolute Gasteiger partial charge is 0.323 e. The highest BCUT2D eigenvalue weighted by molar-refractivity contribution is 8.30. The van der Waals surface area contributed by atoms with Gasteiger partial charge in [-0.25, -0.2) is 0 Å². The molecule has 1 aromatic carbocycles. The summed E-state index contributed by atoms with van der Waals surface area (Å²) in [5.74, 6) is -5.32. The number of hydrogen-bond donors (Lipinski definition) is 4. The Balaban J connectivity index is 1.77. The molecule has 1 fully saturated rings. The Morgan fingerprint density at radius 2 is 1.55 bits per heavy atom. The maximum atomic E-state index is 13.9. The normalized spacial score (nSPS) is 17.7. The SMILES string of the molecule is CC(C=C1Sc2ccccc2N1CCCS(=O)(=O)O)=c1s/c(=c2/s/c(=C3/SC(=S)N(CC(=O)O)C3=O)n(CC(=O)O)c2=O)n(CCC(=O)O)c1=O. The van der Waals surface area contributed by atoms with Crippen molar-refractivity contribution < 1.29 is 47.5 Å². The van der Waals surface area contributed by atoms with E-state index in [1.807, 2.05) is 23.1 Å². The number of hydrogen-bond acceptors (Lipinski definition) is 14. The Morgan fingerprint density at radius 1 is 0.863 bits per heavy atom. The molecular formula is C29H26N4O12S6. The van der Waals surface area contributed by atoms with E-state index in [2.05, 4.69) is 0 Å². The molecule has 16 nitrogen and oxygen atoms in total. The lowest BCUT2D eigenvalue weighted by molar-refractivity contribution is -0.140. The van der Waals surface area contributed by atoms with Crippen LogP contribution in [0.1, 0.15) is 19.8 Å². The molecule has 1 saturated heterocycles. The zero-order valence-electron chi connectivity index (χ0n) is 26.1. The van der Waals surface area contributed by atoms with E-state index in [0.29, 0.717) is 33.7 Å². The molecule has 4 heterocycles. The number of aliphatic carboxylic acids is 3. The van der Waals surface area contributed by atoms with E-state index < -0.39 is 70.3 Å². The third-order valence-corrected chi connectivity index (χ3v) is 13.4. The average Bonchev–Trinajstić information content (AvgIpc) is 3.73. The van der Waals surface area contributed by atoms with Crippen molar-refractivity contribution in [1.29, 1.82) is 0 Å². The van der Waals surface area contributed by atoms with Crippen molar-refractivity contribution in [2.24, 2.45) is 0 Å². The first kappa shape index (κ1) is 38.2. The first-order valence-corrected chi connectivity index (χ1v) is 19.8. The van der Waals surface area contributed by atoms with Crippen LogP contribution >= 0.6 is 58.4 Å². The number of rotatable bonds is 12. The largest absolute Gasteiger partial charge is 0.481 e. The van der Waals surface area contributed by atoms with Crippen LogP contribution in [0, 0.1) is 9.20 Å². The van der Waals surface area contributed by atoms with Gasteiger partial charge in [-0.2, -0.15) is 8.42 Å². The van der Waals surface area contributed by atoms with Crippen molar-refractivity contribution in [3.63, 3.8) is 0 Å². The molecular weight excluding hydrogens is 789 g/mol. The molecule has 2 aromatic heterocycles. The molecule has 0 spiro atoms. The third-order valence-electron chi connectivity index (χ3n) is 7.26. The lowest BCUT2D eigenvalue weighted by Crippen LogP contribution is -2.35. The number of carbonyl (C=O) groups is 4. The van der Waals surface area contributed by atoms with E-state index in [1.165, 1.54) is 11.8 Å². The van der Waals surface area contributed by atoms with Crippen molar-refractivity contribution in [1.82, 2.24) is 14.0 Å². The van der Waals surface area contributed by atoms with Crippen LogP contribution in [0.4, 0.5) is 5.69 Å². The number of carboxylic acid groups (broad SMARTS) is 3. The molecule has 5 rings (SSSR count). The van der Waals surface area contributed by atoms with Crippen LogP contribution < -0.4 is 25.2 Å². The van der Waals surface area contributed by atoms with Crippen molar-refractivity contribution in [3.8, 4) is 0 Å². The number of carbonyl (C=O) groups excluding carboxylic acids is 1. The number of allylic oxidation sites excluding steroid dienone is 1. The van der Waals surface area contributed by atoms with E-state index in [-0.39, 0.29) is 47.1 Å². The number of carboxylic acids is 3. The summed E-state index contributed by atoms with van der Waals surface area (Å²) in [6.07, 6.45) is 1.29. The second-order valence-electron chi connectivity index (χ2n) is 10.9. The van der Waals surface area contributed by atoms with Gasteiger partial charge in [0, 0.05) is 18.0 Å². The van der Waals surface area contributed by atoms with Gasteiger partial charge < -0.3 is 20.2 Å². The number of thiocarbonyl (C=S) groups is 1. The van der Waals surface area contributed by atoms with Crippen LogP contribution in [-0.4, -0.2) is 89.3 Å². The first-order valence-electron chi connectivity index (χ1n) is 14.6. The summed E-state index contributed by atoms with van der Waals surface area (Å²) in [5.41, 5.74) is -0.300. The average molecular weight is 815 g/mol. The van der Waals surface area contributed by atoms with Crippen LogP contribution in [-0.2, 0) is 42.4 Å². The van der Waals surface area contributed by atoms with Gasteiger partial charge in [0.1, 0.15) is 36.2 Å². The predicted octanol–water partition coefficient (Wildman–Crippen LogP) is 0.935. The summed E-state index contributed by atoms with van der Waals surface area (Å²) >= 11 is 8.79. The second kappa shape index (κ2) is 15.3. The zero-order chi connectivity index (χ0) is 37.4. The molecule has 0 saturated carbocycles. The fourth-order valence-electron chi connectivity index (χ4n) is 5.08. The molecule has 270 valence electrons. The molecule has 0 atom stereocenters. The maximum Gasteiger partial charge on any atom is 0.323 e. The molecule has 2 aliphatic heterocycles. The van der Waals surface area contributed by atoms with Crippen molar-refractivity contribution in [3.05, 3.63) is 74.5 Å². The third kappa shape index (κ3) is 8.37. The van der Waals surface area contributed by atoms with Gasteiger partial charge in [0.25, 0.3) is 27.1 Å². The molecule has 2 aliphatic rings. The Morgan fingerprint density at radius 3 is 2.20 bits per heavy atom. The number of anilines is 1. The van der Waals surface area contributed by atoms with E-state index >= 15 is 0 Å². The van der Waals surface area contributed by atoms with E-state index in [1.54, 1.807) is 19.1 Å². The van der Waals surface area contributed by atoms with Gasteiger partial charge in [-0.1, -0.05) is 47.9 Å². The maximum absolute atomic E-state index is 13.9. The van der Waals surface area contributed by atoms with Gasteiger partial charge >= 0.3 is 17.9 Å². The first-order chi connectivity index (χ1) is 24.0. The number of thioether (sulfide) groups is 2. The standard InChI is InChI=1S/C29H26N4O12S6/c1-14(11-17-30(8-4-10-51(43,44)45)15-5-2-3-6-16(15)47-17)21-24(40)31(9-7-18(34)35)27(48-21)22-25(41)32(12-19(36)37)28(49-22)23-26(42)33(13-20(38)39)29(46)50-23/h2-3,5-6,11H,4,7-10,12-13H2,1H3,(H,34,35)(H,36,37)(H,38,39)(H,43,44,45)/b17-11?,21-14?,27-22+,28-23+. The van der Waals surface area contributed by atoms with Crippen LogP contribution in [0.3, 0.4) is 0 Å². The summed E-state index contributed by atoms with van der Waals surface area (Å²) in [6.45, 7) is -0.141. The number of aromatic nitrogens is 2. The number of amides is 1. The van der Waals surface area contributed by atoms with E-state index in [9.17, 15) is 57.1 Å². The minimum atomic E-state index is -4.21. The number of para-hydroxylation sites is 1. The molecule has 0 bridgehead atoms. The molecule has 0 aliphatic carbocycles. The topological polar surface area (TPSA) is 234 Å². The van der Waals surface area contributed by atoms with E-state index in [0.717, 1.165) is 36.0 Å². The Bertz CT molecular complexity index is 2500. The molecule has 3 aromatic rings. The summed E-state index contributed by atoms with van der Waals surface area (Å²) in [7, 11) is -4.21.